The predicted octanol–water partition coefficient (Wildman–Crippen LogP) is 5.41. The van der Waals surface area contributed by atoms with Crippen LogP contribution < -0.4 is 10.8 Å². The van der Waals surface area contributed by atoms with E-state index in [1.807, 2.05) is 31.2 Å². The van der Waals surface area contributed by atoms with Gasteiger partial charge in [-0.2, -0.15) is 0 Å². The standard InChI is InChI=1S/C26H37BN2O3/c1-9-10-14-26(8)25(6,7)31-27(32-26)21-17-20(12-11-18(21)2)29-23(30)19-13-15-28-22(16-19)24(3,4)5/h11-13,15-17H,9-10,14H2,1-8H3,(H,29,30). The molecule has 0 bridgehead atoms. The predicted molar refractivity (Wildman–Crippen MR) is 132 cm³/mol. The molecule has 1 atom stereocenters. The first-order valence-corrected chi connectivity index (χ1v) is 11.6. The van der Waals surface area contributed by atoms with Crippen molar-refractivity contribution < 1.29 is 14.1 Å². The lowest BCUT2D eigenvalue weighted by Gasteiger charge is -2.36. The third-order valence-electron chi connectivity index (χ3n) is 6.63. The first kappa shape index (κ1) is 24.5. The number of benzene rings is 1. The fraction of sp³-hybridized carbons (Fsp3) is 0.538. The zero-order chi connectivity index (χ0) is 23.7. The van der Waals surface area contributed by atoms with E-state index >= 15 is 0 Å². The van der Waals surface area contributed by atoms with Crippen LogP contribution >= 0.6 is 0 Å². The van der Waals surface area contributed by atoms with Gasteiger partial charge in [0.15, 0.2) is 0 Å². The molecule has 1 saturated heterocycles. The van der Waals surface area contributed by atoms with Gasteiger partial charge < -0.3 is 14.6 Å². The van der Waals surface area contributed by atoms with Crippen LogP contribution in [0.4, 0.5) is 5.69 Å². The molecule has 1 aliphatic rings. The van der Waals surface area contributed by atoms with Crippen LogP contribution in [0.1, 0.15) is 89.3 Å². The molecular formula is C26H37BN2O3. The van der Waals surface area contributed by atoms with Crippen LogP contribution in [0.25, 0.3) is 0 Å². The van der Waals surface area contributed by atoms with Gasteiger partial charge in [-0.05, 0) is 63.8 Å². The molecule has 5 nitrogen and oxygen atoms in total. The summed E-state index contributed by atoms with van der Waals surface area (Å²) in [6.07, 6.45) is 4.84. The molecule has 2 aromatic rings. The number of aromatic nitrogens is 1. The quantitative estimate of drug-likeness (QED) is 0.616. The second-order valence-corrected chi connectivity index (χ2v) is 10.6. The van der Waals surface area contributed by atoms with E-state index in [-0.39, 0.29) is 16.9 Å². The average molecular weight is 436 g/mol. The Morgan fingerprint density at radius 3 is 2.50 bits per heavy atom. The van der Waals surface area contributed by atoms with Gasteiger partial charge in [0.1, 0.15) is 0 Å². The first-order chi connectivity index (χ1) is 14.9. The minimum absolute atomic E-state index is 0.123. The third kappa shape index (κ3) is 5.07. The fourth-order valence-electron chi connectivity index (χ4n) is 3.95. The van der Waals surface area contributed by atoms with Crippen LogP contribution in [0, 0.1) is 6.92 Å². The van der Waals surface area contributed by atoms with E-state index in [2.05, 4.69) is 58.8 Å². The van der Waals surface area contributed by atoms with E-state index in [1.165, 1.54) is 0 Å². The second kappa shape index (κ2) is 8.99. The van der Waals surface area contributed by atoms with Crippen molar-refractivity contribution in [3.63, 3.8) is 0 Å². The molecule has 1 fully saturated rings. The van der Waals surface area contributed by atoms with E-state index in [0.29, 0.717) is 5.56 Å². The van der Waals surface area contributed by atoms with Crippen LogP contribution in [0.15, 0.2) is 36.5 Å². The molecule has 0 aliphatic carbocycles. The highest BCUT2D eigenvalue weighted by atomic mass is 16.7. The SMILES string of the molecule is CCCCC1(C)OB(c2cc(NC(=O)c3ccnc(C(C)(C)C)c3)ccc2C)OC1(C)C. The minimum atomic E-state index is -0.461. The number of rotatable bonds is 6. The number of pyridine rings is 1. The van der Waals surface area contributed by atoms with Gasteiger partial charge in [0.2, 0.25) is 0 Å². The Morgan fingerprint density at radius 1 is 1.12 bits per heavy atom. The molecule has 1 aliphatic heterocycles. The van der Waals surface area contributed by atoms with Crippen LogP contribution in [0.5, 0.6) is 0 Å². The number of anilines is 1. The van der Waals surface area contributed by atoms with E-state index in [4.69, 9.17) is 9.31 Å². The fourth-order valence-corrected chi connectivity index (χ4v) is 3.95. The topological polar surface area (TPSA) is 60.5 Å². The van der Waals surface area contributed by atoms with E-state index in [0.717, 1.165) is 41.7 Å². The molecule has 172 valence electrons. The van der Waals surface area contributed by atoms with E-state index in [9.17, 15) is 4.79 Å². The normalized spacial score (nSPS) is 20.4. The summed E-state index contributed by atoms with van der Waals surface area (Å²) in [6, 6.07) is 9.48. The highest BCUT2D eigenvalue weighted by Gasteiger charge is 2.54. The van der Waals surface area contributed by atoms with Crippen molar-refractivity contribution in [3.05, 3.63) is 53.3 Å². The third-order valence-corrected chi connectivity index (χ3v) is 6.63. The number of amides is 1. The maximum atomic E-state index is 12.9. The van der Waals surface area contributed by atoms with Crippen molar-refractivity contribution in [2.75, 3.05) is 5.32 Å². The number of carbonyl (C=O) groups is 1. The lowest BCUT2D eigenvalue weighted by atomic mass is 9.76. The van der Waals surface area contributed by atoms with Crippen LogP contribution in [-0.4, -0.2) is 29.2 Å². The Hall–Kier alpha value is -2.18. The minimum Gasteiger partial charge on any atom is -0.399 e. The van der Waals surface area contributed by atoms with Gasteiger partial charge in [-0.3, -0.25) is 9.78 Å². The highest BCUT2D eigenvalue weighted by molar-refractivity contribution is 6.62. The van der Waals surface area contributed by atoms with Crippen molar-refractivity contribution in [1.82, 2.24) is 4.98 Å². The summed E-state index contributed by atoms with van der Waals surface area (Å²) in [5.41, 5.74) is 3.32. The van der Waals surface area contributed by atoms with Gasteiger partial charge in [-0.25, -0.2) is 0 Å². The Labute approximate surface area is 193 Å². The van der Waals surface area contributed by atoms with E-state index in [1.54, 1.807) is 12.3 Å². The Kier molecular flexibility index (Phi) is 6.87. The summed E-state index contributed by atoms with van der Waals surface area (Å²) in [6.45, 7) is 16.8. The molecule has 1 amide bonds. The molecule has 1 unspecified atom stereocenters. The van der Waals surface area contributed by atoms with Crippen molar-refractivity contribution in [3.8, 4) is 0 Å². The number of nitrogens with zero attached hydrogens (tertiary/aromatic N) is 1. The monoisotopic (exact) mass is 436 g/mol. The number of nitrogens with one attached hydrogen (secondary N) is 1. The highest BCUT2D eigenvalue weighted by Crippen LogP contribution is 2.40. The number of aryl methyl sites for hydroxylation is 1. The van der Waals surface area contributed by atoms with Gasteiger partial charge >= 0.3 is 7.12 Å². The van der Waals surface area contributed by atoms with Crippen LogP contribution in [0.2, 0.25) is 0 Å². The molecule has 6 heteroatoms. The van der Waals surface area contributed by atoms with Gasteiger partial charge in [-0.15, -0.1) is 0 Å². The zero-order valence-corrected chi connectivity index (χ0v) is 20.8. The molecular weight excluding hydrogens is 399 g/mol. The molecule has 1 aromatic carbocycles. The molecule has 0 saturated carbocycles. The summed E-state index contributed by atoms with van der Waals surface area (Å²) in [5.74, 6) is -0.158. The summed E-state index contributed by atoms with van der Waals surface area (Å²) < 4.78 is 12.9. The Bertz CT molecular complexity index is 983. The lowest BCUT2D eigenvalue weighted by molar-refractivity contribution is -0.0169. The summed E-state index contributed by atoms with van der Waals surface area (Å²) in [7, 11) is -0.461. The van der Waals surface area contributed by atoms with Gasteiger partial charge in [0.25, 0.3) is 5.91 Å². The number of hydrogen-bond donors (Lipinski definition) is 1. The zero-order valence-electron chi connectivity index (χ0n) is 20.8. The maximum Gasteiger partial charge on any atom is 0.495 e. The smallest absolute Gasteiger partial charge is 0.399 e. The van der Waals surface area contributed by atoms with Crippen molar-refractivity contribution in [2.24, 2.45) is 0 Å². The molecule has 32 heavy (non-hydrogen) atoms. The first-order valence-electron chi connectivity index (χ1n) is 11.6. The lowest BCUT2D eigenvalue weighted by Crippen LogP contribution is -2.44. The van der Waals surface area contributed by atoms with Crippen molar-refractivity contribution in [1.29, 1.82) is 0 Å². The van der Waals surface area contributed by atoms with Crippen molar-refractivity contribution in [2.45, 2.75) is 91.3 Å². The number of unbranched alkanes of at least 4 members (excludes halogenated alkanes) is 1. The maximum absolute atomic E-state index is 12.9. The molecule has 2 heterocycles. The molecule has 0 spiro atoms. The number of carbonyl (C=O) groups excluding carboxylic acids is 1. The van der Waals surface area contributed by atoms with E-state index < -0.39 is 12.7 Å². The molecule has 3 rings (SSSR count). The molecule has 1 N–H and O–H groups in total. The van der Waals surface area contributed by atoms with Crippen molar-refractivity contribution >= 4 is 24.2 Å². The molecule has 0 radical (unpaired) electrons. The van der Waals surface area contributed by atoms with Gasteiger partial charge in [0.05, 0.1) is 11.2 Å². The largest absolute Gasteiger partial charge is 0.495 e. The van der Waals surface area contributed by atoms with Gasteiger partial charge in [0, 0.05) is 28.6 Å². The average Bonchev–Trinajstić information content (AvgIpc) is 2.96. The molecule has 1 aromatic heterocycles. The number of hydrogen-bond acceptors (Lipinski definition) is 4. The Morgan fingerprint density at radius 2 is 1.84 bits per heavy atom. The van der Waals surface area contributed by atoms with Crippen LogP contribution in [-0.2, 0) is 14.7 Å². The summed E-state index contributed by atoms with van der Waals surface area (Å²) >= 11 is 0. The van der Waals surface area contributed by atoms with Gasteiger partial charge in [-0.1, -0.05) is 52.2 Å². The Balaban J connectivity index is 1.82. The summed E-state index contributed by atoms with van der Waals surface area (Å²) in [4.78, 5) is 17.3. The van der Waals surface area contributed by atoms with Crippen LogP contribution in [0.3, 0.4) is 0 Å². The second-order valence-electron chi connectivity index (χ2n) is 10.6. The summed E-state index contributed by atoms with van der Waals surface area (Å²) in [5, 5.41) is 3.03.